The number of ether oxygens (including phenoxy) is 1. The van der Waals surface area contributed by atoms with Gasteiger partial charge in [0.25, 0.3) is 0 Å². The molecule has 19 heavy (non-hydrogen) atoms. The van der Waals surface area contributed by atoms with E-state index in [2.05, 4.69) is 20.2 Å². The second kappa shape index (κ2) is 6.82. The first-order chi connectivity index (χ1) is 9.22. The third-order valence-electron chi connectivity index (χ3n) is 3.56. The standard InChI is InChI=1S/C14H24N4O/c1-11-9-16-12(2)14(17-11)18-7-4-5-13(18)10-15-6-8-19-3/h9,13,15H,4-8,10H2,1-3H3. The van der Waals surface area contributed by atoms with Gasteiger partial charge in [-0.3, -0.25) is 4.98 Å². The third-order valence-corrected chi connectivity index (χ3v) is 3.56. The fourth-order valence-electron chi connectivity index (χ4n) is 2.57. The number of nitrogens with one attached hydrogen (secondary N) is 1. The van der Waals surface area contributed by atoms with Gasteiger partial charge in [0.1, 0.15) is 0 Å². The SMILES string of the molecule is COCCNCC1CCCN1c1nc(C)cnc1C. The second-order valence-corrected chi connectivity index (χ2v) is 5.11. The Labute approximate surface area is 115 Å². The minimum Gasteiger partial charge on any atom is -0.383 e. The predicted octanol–water partition coefficient (Wildman–Crippen LogP) is 1.30. The van der Waals surface area contributed by atoms with Crippen LogP contribution in [0.1, 0.15) is 24.2 Å². The van der Waals surface area contributed by atoms with Gasteiger partial charge >= 0.3 is 0 Å². The molecule has 0 spiro atoms. The molecule has 1 aliphatic rings. The molecule has 1 unspecified atom stereocenters. The zero-order valence-electron chi connectivity index (χ0n) is 12.1. The molecule has 0 aromatic carbocycles. The maximum atomic E-state index is 5.05. The molecule has 0 radical (unpaired) electrons. The average Bonchev–Trinajstić information content (AvgIpc) is 2.86. The molecule has 0 aliphatic carbocycles. The van der Waals surface area contributed by atoms with Crippen molar-refractivity contribution in [2.45, 2.75) is 32.7 Å². The topological polar surface area (TPSA) is 50.3 Å². The van der Waals surface area contributed by atoms with Crippen molar-refractivity contribution in [1.82, 2.24) is 15.3 Å². The molecule has 1 aromatic heterocycles. The van der Waals surface area contributed by atoms with E-state index in [1.54, 1.807) is 7.11 Å². The van der Waals surface area contributed by atoms with E-state index in [1.807, 2.05) is 20.0 Å². The van der Waals surface area contributed by atoms with Crippen LogP contribution in [0.5, 0.6) is 0 Å². The zero-order chi connectivity index (χ0) is 13.7. The van der Waals surface area contributed by atoms with Crippen LogP contribution in [-0.2, 0) is 4.74 Å². The quantitative estimate of drug-likeness (QED) is 0.785. The van der Waals surface area contributed by atoms with Crippen molar-refractivity contribution < 1.29 is 4.74 Å². The smallest absolute Gasteiger partial charge is 0.150 e. The molecular weight excluding hydrogens is 240 g/mol. The molecule has 1 N–H and O–H groups in total. The highest BCUT2D eigenvalue weighted by molar-refractivity contribution is 5.45. The van der Waals surface area contributed by atoms with Crippen molar-refractivity contribution in [3.63, 3.8) is 0 Å². The summed E-state index contributed by atoms with van der Waals surface area (Å²) in [5.41, 5.74) is 2.01. The number of rotatable bonds is 6. The predicted molar refractivity (Wildman–Crippen MR) is 76.6 cm³/mol. The van der Waals surface area contributed by atoms with Gasteiger partial charge in [-0.1, -0.05) is 0 Å². The number of methoxy groups -OCH3 is 1. The van der Waals surface area contributed by atoms with Crippen molar-refractivity contribution >= 4 is 5.82 Å². The van der Waals surface area contributed by atoms with Crippen LogP contribution >= 0.6 is 0 Å². The van der Waals surface area contributed by atoms with Gasteiger partial charge in [0.05, 0.1) is 18.0 Å². The van der Waals surface area contributed by atoms with Gasteiger partial charge in [-0.25, -0.2) is 4.98 Å². The minimum atomic E-state index is 0.520. The van der Waals surface area contributed by atoms with E-state index >= 15 is 0 Å². The van der Waals surface area contributed by atoms with E-state index in [1.165, 1.54) is 12.8 Å². The summed E-state index contributed by atoms with van der Waals surface area (Å²) in [4.78, 5) is 11.5. The fourth-order valence-corrected chi connectivity index (χ4v) is 2.57. The normalized spacial score (nSPS) is 19.1. The summed E-state index contributed by atoms with van der Waals surface area (Å²) in [6.07, 6.45) is 4.28. The van der Waals surface area contributed by atoms with Gasteiger partial charge in [0.15, 0.2) is 5.82 Å². The van der Waals surface area contributed by atoms with Crippen LogP contribution in [0, 0.1) is 13.8 Å². The average molecular weight is 264 g/mol. The largest absolute Gasteiger partial charge is 0.383 e. The molecule has 1 saturated heterocycles. The van der Waals surface area contributed by atoms with Gasteiger partial charge in [0, 0.05) is 39.0 Å². The van der Waals surface area contributed by atoms with Crippen LogP contribution < -0.4 is 10.2 Å². The monoisotopic (exact) mass is 264 g/mol. The van der Waals surface area contributed by atoms with Gasteiger partial charge < -0.3 is 15.0 Å². The molecule has 0 amide bonds. The zero-order valence-corrected chi connectivity index (χ0v) is 12.1. The molecule has 5 heteroatoms. The van der Waals surface area contributed by atoms with Crippen LogP contribution in [-0.4, -0.2) is 49.4 Å². The molecule has 5 nitrogen and oxygen atoms in total. The van der Waals surface area contributed by atoms with Crippen LogP contribution in [0.15, 0.2) is 6.20 Å². The third kappa shape index (κ3) is 3.64. The summed E-state index contributed by atoms with van der Waals surface area (Å²) >= 11 is 0. The van der Waals surface area contributed by atoms with E-state index in [0.29, 0.717) is 6.04 Å². The van der Waals surface area contributed by atoms with Crippen molar-refractivity contribution in [2.24, 2.45) is 0 Å². The van der Waals surface area contributed by atoms with Crippen molar-refractivity contribution in [2.75, 3.05) is 38.3 Å². The highest BCUT2D eigenvalue weighted by Crippen LogP contribution is 2.25. The first-order valence-electron chi connectivity index (χ1n) is 6.99. The molecule has 0 saturated carbocycles. The minimum absolute atomic E-state index is 0.520. The Morgan fingerprint density at radius 2 is 2.32 bits per heavy atom. The summed E-state index contributed by atoms with van der Waals surface area (Å²) in [5, 5.41) is 3.45. The van der Waals surface area contributed by atoms with Crippen LogP contribution in [0.4, 0.5) is 5.82 Å². The number of aryl methyl sites for hydroxylation is 2. The number of hydrogen-bond acceptors (Lipinski definition) is 5. The van der Waals surface area contributed by atoms with E-state index in [4.69, 9.17) is 4.74 Å². The van der Waals surface area contributed by atoms with E-state index in [-0.39, 0.29) is 0 Å². The molecule has 1 aliphatic heterocycles. The Balaban J connectivity index is 1.99. The fraction of sp³-hybridized carbons (Fsp3) is 0.714. The lowest BCUT2D eigenvalue weighted by atomic mass is 10.2. The van der Waals surface area contributed by atoms with Gasteiger partial charge in [-0.2, -0.15) is 0 Å². The van der Waals surface area contributed by atoms with E-state index < -0.39 is 0 Å². The first kappa shape index (κ1) is 14.2. The van der Waals surface area contributed by atoms with Crippen molar-refractivity contribution in [3.05, 3.63) is 17.6 Å². The lowest BCUT2D eigenvalue weighted by molar-refractivity contribution is 0.199. The summed E-state index contributed by atoms with van der Waals surface area (Å²) in [6.45, 7) is 7.76. The number of anilines is 1. The van der Waals surface area contributed by atoms with Crippen molar-refractivity contribution in [1.29, 1.82) is 0 Å². The van der Waals surface area contributed by atoms with Gasteiger partial charge in [-0.15, -0.1) is 0 Å². The molecule has 1 aromatic rings. The lowest BCUT2D eigenvalue weighted by Crippen LogP contribution is -2.39. The molecule has 2 heterocycles. The maximum Gasteiger partial charge on any atom is 0.150 e. The van der Waals surface area contributed by atoms with E-state index in [0.717, 1.165) is 43.4 Å². The second-order valence-electron chi connectivity index (χ2n) is 5.11. The number of hydrogen-bond donors (Lipinski definition) is 1. The van der Waals surface area contributed by atoms with Crippen molar-refractivity contribution in [3.8, 4) is 0 Å². The Kier molecular flexibility index (Phi) is 5.10. The molecule has 2 rings (SSSR count). The summed E-state index contributed by atoms with van der Waals surface area (Å²) < 4.78 is 5.05. The highest BCUT2D eigenvalue weighted by atomic mass is 16.5. The summed E-state index contributed by atoms with van der Waals surface area (Å²) in [6, 6.07) is 0.520. The Morgan fingerprint density at radius 1 is 1.47 bits per heavy atom. The Hall–Kier alpha value is -1.20. The number of nitrogens with zero attached hydrogens (tertiary/aromatic N) is 3. The highest BCUT2D eigenvalue weighted by Gasteiger charge is 2.26. The lowest BCUT2D eigenvalue weighted by Gasteiger charge is -2.27. The molecular formula is C14H24N4O. The first-order valence-corrected chi connectivity index (χ1v) is 6.99. The van der Waals surface area contributed by atoms with E-state index in [9.17, 15) is 0 Å². The summed E-state index contributed by atoms with van der Waals surface area (Å²) in [7, 11) is 1.73. The van der Waals surface area contributed by atoms with Gasteiger partial charge in [-0.05, 0) is 26.7 Å². The maximum absolute atomic E-state index is 5.05. The Morgan fingerprint density at radius 3 is 3.11 bits per heavy atom. The van der Waals surface area contributed by atoms with Crippen LogP contribution in [0.3, 0.4) is 0 Å². The molecule has 1 atom stereocenters. The Bertz CT molecular complexity index is 410. The summed E-state index contributed by atoms with van der Waals surface area (Å²) in [5.74, 6) is 1.05. The van der Waals surface area contributed by atoms with Gasteiger partial charge in [0.2, 0.25) is 0 Å². The van der Waals surface area contributed by atoms with Crippen LogP contribution in [0.2, 0.25) is 0 Å². The molecule has 106 valence electrons. The molecule has 0 bridgehead atoms. The van der Waals surface area contributed by atoms with Crippen LogP contribution in [0.25, 0.3) is 0 Å². The number of aromatic nitrogens is 2. The molecule has 1 fully saturated rings.